The predicted octanol–water partition coefficient (Wildman–Crippen LogP) is 2.05. The maximum Gasteiger partial charge on any atom is 0.417 e. The van der Waals surface area contributed by atoms with Gasteiger partial charge in [-0.25, -0.2) is 4.79 Å². The van der Waals surface area contributed by atoms with Gasteiger partial charge >= 0.3 is 12.2 Å². The number of imide groups is 1. The first-order valence-corrected chi connectivity index (χ1v) is 9.24. The third-order valence-corrected chi connectivity index (χ3v) is 5.48. The first kappa shape index (κ1) is 21.2. The van der Waals surface area contributed by atoms with Crippen molar-refractivity contribution >= 4 is 29.4 Å². The number of rotatable bonds is 3. The van der Waals surface area contributed by atoms with Crippen LogP contribution in [0.2, 0.25) is 5.02 Å². The molecule has 0 unspecified atom stereocenters. The molecule has 1 saturated heterocycles. The molecule has 0 aromatic carbocycles. The van der Waals surface area contributed by atoms with Gasteiger partial charge in [0.25, 0.3) is 17.4 Å². The van der Waals surface area contributed by atoms with Gasteiger partial charge in [0, 0.05) is 6.20 Å². The van der Waals surface area contributed by atoms with E-state index in [2.05, 4.69) is 10.7 Å². The molecule has 0 radical (unpaired) electrons. The Morgan fingerprint density at radius 1 is 1.31 bits per heavy atom. The number of alkyl halides is 3. The van der Waals surface area contributed by atoms with Crippen LogP contribution < -0.4 is 16.3 Å². The quantitative estimate of drug-likeness (QED) is 0.711. The fraction of sp³-hybridized carbons (Fsp3) is 0.529. The second-order valence-corrected chi connectivity index (χ2v) is 7.79. The molecule has 3 rings (SSSR count). The molecule has 1 aliphatic carbocycles. The number of hydrazine groups is 1. The van der Waals surface area contributed by atoms with E-state index in [1.54, 1.807) is 0 Å². The van der Waals surface area contributed by atoms with Crippen molar-refractivity contribution in [2.75, 3.05) is 0 Å². The molecule has 8 nitrogen and oxygen atoms in total. The van der Waals surface area contributed by atoms with Crippen LogP contribution in [0.15, 0.2) is 17.1 Å². The number of amides is 4. The monoisotopic (exact) mass is 434 g/mol. The Morgan fingerprint density at radius 2 is 1.93 bits per heavy atom. The summed E-state index contributed by atoms with van der Waals surface area (Å²) < 4.78 is 39.2. The number of halogens is 4. The first-order valence-electron chi connectivity index (χ1n) is 8.86. The molecule has 1 aromatic heterocycles. The van der Waals surface area contributed by atoms with Crippen LogP contribution in [0.3, 0.4) is 0 Å². The molecule has 1 aliphatic heterocycles. The first-order chi connectivity index (χ1) is 13.4. The van der Waals surface area contributed by atoms with Gasteiger partial charge in [-0.1, -0.05) is 18.5 Å². The number of urea groups is 1. The standard InChI is InChI=1S/C17H18ClF3N4O4/c1-9-2-4-16(5-3-9)14(28)25(15(29)22-16)23-12(26)8-24-7-10(17(19,20)21)6-11(18)13(24)27/h6-7,9H,2-5,8H2,1H3,(H,22,29)(H,23,26). The number of nitrogens with zero attached hydrogens (tertiary/aromatic N) is 2. The molecule has 0 bridgehead atoms. The lowest BCUT2D eigenvalue weighted by atomic mass is 9.77. The van der Waals surface area contributed by atoms with Crippen molar-refractivity contribution in [2.24, 2.45) is 5.92 Å². The zero-order chi connectivity index (χ0) is 21.6. The van der Waals surface area contributed by atoms with Crippen LogP contribution in [0.4, 0.5) is 18.0 Å². The Morgan fingerprint density at radius 3 is 2.52 bits per heavy atom. The zero-order valence-corrected chi connectivity index (χ0v) is 16.1. The Hall–Kier alpha value is -2.56. The summed E-state index contributed by atoms with van der Waals surface area (Å²) in [6, 6.07) is -0.365. The topological polar surface area (TPSA) is 101 Å². The maximum absolute atomic E-state index is 12.9. The third kappa shape index (κ3) is 4.09. The minimum absolute atomic E-state index is 0.409. The number of carbonyl (C=O) groups excluding carboxylic acids is 3. The van der Waals surface area contributed by atoms with E-state index in [1.807, 2.05) is 6.92 Å². The van der Waals surface area contributed by atoms with Crippen LogP contribution in [0.5, 0.6) is 0 Å². The van der Waals surface area contributed by atoms with Crippen LogP contribution >= 0.6 is 11.6 Å². The minimum atomic E-state index is -4.77. The Labute approximate surface area is 168 Å². The smallest absolute Gasteiger partial charge is 0.322 e. The van der Waals surface area contributed by atoms with Crippen molar-refractivity contribution in [1.29, 1.82) is 0 Å². The molecule has 0 atom stereocenters. The molecular formula is C17H18ClF3N4O4. The van der Waals surface area contributed by atoms with Crippen molar-refractivity contribution in [3.63, 3.8) is 0 Å². The average Bonchev–Trinajstić information content (AvgIpc) is 2.85. The van der Waals surface area contributed by atoms with Gasteiger partial charge in [0.2, 0.25) is 0 Å². The molecule has 1 spiro atoms. The lowest BCUT2D eigenvalue weighted by molar-refractivity contribution is -0.140. The molecule has 2 fully saturated rings. The molecule has 2 N–H and O–H groups in total. The summed E-state index contributed by atoms with van der Waals surface area (Å²) in [5.74, 6) is -1.24. The highest BCUT2D eigenvalue weighted by Crippen LogP contribution is 2.35. The van der Waals surface area contributed by atoms with E-state index >= 15 is 0 Å². The van der Waals surface area contributed by atoms with E-state index in [0.717, 1.165) is 12.8 Å². The molecule has 1 aromatic rings. The van der Waals surface area contributed by atoms with Gasteiger partial charge in [-0.3, -0.25) is 19.8 Å². The molecular weight excluding hydrogens is 417 g/mol. The molecule has 1 saturated carbocycles. The van der Waals surface area contributed by atoms with E-state index in [9.17, 15) is 32.3 Å². The molecule has 158 valence electrons. The van der Waals surface area contributed by atoms with Crippen molar-refractivity contribution in [1.82, 2.24) is 20.3 Å². The predicted molar refractivity (Wildman–Crippen MR) is 94.6 cm³/mol. The lowest BCUT2D eigenvalue weighted by Gasteiger charge is -2.33. The highest BCUT2D eigenvalue weighted by molar-refractivity contribution is 6.30. The summed E-state index contributed by atoms with van der Waals surface area (Å²) in [5.41, 5.74) is -1.24. The van der Waals surface area contributed by atoms with E-state index < -0.39 is 52.3 Å². The van der Waals surface area contributed by atoms with Gasteiger partial charge in [-0.05, 0) is 37.7 Å². The number of carbonyl (C=O) groups is 3. The number of nitrogens with one attached hydrogen (secondary N) is 2. The molecule has 2 heterocycles. The Balaban J connectivity index is 1.75. The van der Waals surface area contributed by atoms with E-state index in [1.165, 1.54) is 0 Å². The van der Waals surface area contributed by atoms with E-state index in [0.29, 0.717) is 40.6 Å². The van der Waals surface area contributed by atoms with Gasteiger partial charge in [0.1, 0.15) is 17.1 Å². The summed E-state index contributed by atoms with van der Waals surface area (Å²) in [6.45, 7) is 1.18. The molecule has 12 heteroatoms. The summed E-state index contributed by atoms with van der Waals surface area (Å²) in [4.78, 5) is 49.0. The average molecular weight is 435 g/mol. The van der Waals surface area contributed by atoms with Crippen LogP contribution in [0.25, 0.3) is 0 Å². The second kappa shape index (κ2) is 7.36. The Kier molecular flexibility index (Phi) is 5.37. The van der Waals surface area contributed by atoms with Crippen LogP contribution in [0.1, 0.15) is 38.2 Å². The van der Waals surface area contributed by atoms with Crippen molar-refractivity contribution in [2.45, 2.75) is 50.9 Å². The molecule has 4 amide bonds. The fourth-order valence-electron chi connectivity index (χ4n) is 3.50. The Bertz CT molecular complexity index is 922. The second-order valence-electron chi connectivity index (χ2n) is 7.38. The highest BCUT2D eigenvalue weighted by Gasteiger charge is 2.52. The van der Waals surface area contributed by atoms with E-state index in [-0.39, 0.29) is 0 Å². The molecule has 2 aliphatic rings. The van der Waals surface area contributed by atoms with Gasteiger partial charge in [0.05, 0.1) is 5.56 Å². The summed E-state index contributed by atoms with van der Waals surface area (Å²) >= 11 is 5.54. The van der Waals surface area contributed by atoms with Crippen LogP contribution in [0, 0.1) is 5.92 Å². The van der Waals surface area contributed by atoms with Gasteiger partial charge in [0.15, 0.2) is 0 Å². The number of pyridine rings is 1. The summed E-state index contributed by atoms with van der Waals surface area (Å²) in [5, 5.41) is 2.39. The largest absolute Gasteiger partial charge is 0.417 e. The number of hydrogen-bond donors (Lipinski definition) is 2. The number of hydrogen-bond acceptors (Lipinski definition) is 4. The number of aromatic nitrogens is 1. The SMILES string of the molecule is CC1CCC2(CC1)NC(=O)N(NC(=O)Cn1cc(C(F)(F)F)cc(Cl)c1=O)C2=O. The minimum Gasteiger partial charge on any atom is -0.322 e. The van der Waals surface area contributed by atoms with Crippen molar-refractivity contribution in [3.05, 3.63) is 33.2 Å². The van der Waals surface area contributed by atoms with Gasteiger partial charge < -0.3 is 9.88 Å². The fourth-order valence-corrected chi connectivity index (χ4v) is 3.73. The van der Waals surface area contributed by atoms with Gasteiger partial charge in [-0.15, -0.1) is 0 Å². The highest BCUT2D eigenvalue weighted by atomic mass is 35.5. The zero-order valence-electron chi connectivity index (χ0n) is 15.3. The summed E-state index contributed by atoms with van der Waals surface area (Å²) in [7, 11) is 0. The normalized spacial score (nSPS) is 24.7. The van der Waals surface area contributed by atoms with E-state index in [4.69, 9.17) is 11.6 Å². The van der Waals surface area contributed by atoms with Gasteiger partial charge in [-0.2, -0.15) is 18.2 Å². The van der Waals surface area contributed by atoms with Crippen LogP contribution in [-0.2, 0) is 22.3 Å². The lowest BCUT2D eigenvalue weighted by Crippen LogP contribution is -2.52. The third-order valence-electron chi connectivity index (χ3n) is 5.21. The summed E-state index contributed by atoms with van der Waals surface area (Å²) in [6.07, 6.45) is -2.02. The maximum atomic E-state index is 12.9. The van der Waals surface area contributed by atoms with Crippen LogP contribution in [-0.4, -0.2) is 33.0 Å². The van der Waals surface area contributed by atoms with Crippen molar-refractivity contribution < 1.29 is 27.6 Å². The van der Waals surface area contributed by atoms with Crippen molar-refractivity contribution in [3.8, 4) is 0 Å². The molecule has 29 heavy (non-hydrogen) atoms.